The van der Waals surface area contributed by atoms with Gasteiger partial charge in [-0.2, -0.15) is 0 Å². The highest BCUT2D eigenvalue weighted by Gasteiger charge is 2.38. The van der Waals surface area contributed by atoms with Crippen LogP contribution in [0.4, 0.5) is 4.79 Å². The lowest BCUT2D eigenvalue weighted by Gasteiger charge is -2.45. The van der Waals surface area contributed by atoms with Gasteiger partial charge in [0.15, 0.2) is 0 Å². The molecule has 0 saturated carbocycles. The van der Waals surface area contributed by atoms with Gasteiger partial charge in [0, 0.05) is 25.6 Å². The molecule has 5 rings (SSSR count). The summed E-state index contributed by atoms with van der Waals surface area (Å²) < 4.78 is 5.85. The minimum absolute atomic E-state index is 0.0878. The van der Waals surface area contributed by atoms with Crippen LogP contribution in [0, 0.1) is 17.8 Å². The Labute approximate surface area is 126 Å². The molecule has 2 unspecified atom stereocenters. The Morgan fingerprint density at radius 3 is 2.43 bits per heavy atom. The van der Waals surface area contributed by atoms with Gasteiger partial charge in [-0.3, -0.25) is 4.90 Å². The molecule has 4 saturated heterocycles. The Morgan fingerprint density at radius 2 is 1.71 bits per heavy atom. The van der Waals surface area contributed by atoms with Crippen molar-refractivity contribution in [2.75, 3.05) is 32.7 Å². The highest BCUT2D eigenvalue weighted by Crippen LogP contribution is 2.32. The number of hydrogen-bond acceptors (Lipinski definition) is 3. The van der Waals surface area contributed by atoms with E-state index in [1.807, 2.05) is 4.90 Å². The first-order valence-electron chi connectivity index (χ1n) is 8.32. The molecule has 1 amide bonds. The molecule has 0 spiro atoms. The molecule has 0 N–H and O–H groups in total. The van der Waals surface area contributed by atoms with Gasteiger partial charge < -0.3 is 9.64 Å². The van der Waals surface area contributed by atoms with Crippen molar-refractivity contribution in [3.05, 3.63) is 24.3 Å². The second-order valence-electron chi connectivity index (χ2n) is 6.89. The number of likely N-dealkylation sites (tertiary alicyclic amines) is 1. The van der Waals surface area contributed by atoms with E-state index in [2.05, 4.69) is 29.2 Å². The summed E-state index contributed by atoms with van der Waals surface area (Å²) in [6.07, 6.45) is 12.2. The van der Waals surface area contributed by atoms with Crippen molar-refractivity contribution in [2.24, 2.45) is 17.8 Å². The highest BCUT2D eigenvalue weighted by atomic mass is 16.6. The molecule has 2 bridgehead atoms. The lowest BCUT2D eigenvalue weighted by Crippen LogP contribution is -2.53. The molecule has 4 heterocycles. The van der Waals surface area contributed by atoms with Crippen molar-refractivity contribution in [1.82, 2.24) is 9.80 Å². The third kappa shape index (κ3) is 2.61. The molecule has 114 valence electrons. The summed E-state index contributed by atoms with van der Waals surface area (Å²) in [6.45, 7) is 4.95. The lowest BCUT2D eigenvalue weighted by atomic mass is 9.83. The van der Waals surface area contributed by atoms with Gasteiger partial charge in [-0.1, -0.05) is 24.3 Å². The third-order valence-corrected chi connectivity index (χ3v) is 5.65. The van der Waals surface area contributed by atoms with Crippen molar-refractivity contribution in [3.8, 4) is 0 Å². The van der Waals surface area contributed by atoms with Gasteiger partial charge in [-0.25, -0.2) is 4.79 Å². The number of hydrogen-bond donors (Lipinski definition) is 0. The third-order valence-electron chi connectivity index (χ3n) is 5.65. The van der Waals surface area contributed by atoms with Crippen LogP contribution in [-0.2, 0) is 4.74 Å². The first-order chi connectivity index (χ1) is 10.3. The van der Waals surface area contributed by atoms with E-state index in [1.165, 1.54) is 25.9 Å². The highest BCUT2D eigenvalue weighted by molar-refractivity contribution is 5.68. The van der Waals surface area contributed by atoms with Crippen molar-refractivity contribution < 1.29 is 9.53 Å². The van der Waals surface area contributed by atoms with Gasteiger partial charge in [-0.05, 0) is 44.2 Å². The van der Waals surface area contributed by atoms with Crippen molar-refractivity contribution in [3.63, 3.8) is 0 Å². The van der Waals surface area contributed by atoms with Crippen LogP contribution < -0.4 is 0 Å². The number of allylic oxidation sites excluding steroid dienone is 3. The number of ether oxygens (including phenoxy) is 1. The maximum absolute atomic E-state index is 12.5. The lowest BCUT2D eigenvalue weighted by molar-refractivity contribution is -0.0465. The van der Waals surface area contributed by atoms with E-state index < -0.39 is 0 Å². The van der Waals surface area contributed by atoms with Crippen LogP contribution in [-0.4, -0.2) is 54.7 Å². The van der Waals surface area contributed by atoms with Crippen LogP contribution in [0.2, 0.25) is 0 Å². The SMILES string of the molecule is O=C(O[C@H]1CN2CCC1CC2)N1CCC2C=CC=CC2C1. The normalized spacial score (nSPS) is 41.0. The van der Waals surface area contributed by atoms with Gasteiger partial charge in [0.2, 0.25) is 0 Å². The number of fused-ring (bicyclic) bond motifs is 4. The molecular formula is C17H24N2O2. The van der Waals surface area contributed by atoms with Crippen LogP contribution in [0.15, 0.2) is 24.3 Å². The van der Waals surface area contributed by atoms with E-state index in [9.17, 15) is 4.79 Å². The van der Waals surface area contributed by atoms with Gasteiger partial charge in [0.1, 0.15) is 6.10 Å². The standard InChI is InChI=1S/C17H24N2O2/c20-17(21-16-12-18-8-5-14(16)6-9-18)19-10-7-13-3-1-2-4-15(13)11-19/h1-4,13-16H,5-12H2/t13?,15?,16-/m0/s1. The van der Waals surface area contributed by atoms with Crippen molar-refractivity contribution in [2.45, 2.75) is 25.4 Å². The number of piperidine rings is 4. The summed E-state index contributed by atoms with van der Waals surface area (Å²) in [4.78, 5) is 16.8. The van der Waals surface area contributed by atoms with Crippen LogP contribution in [0.3, 0.4) is 0 Å². The molecule has 4 heteroatoms. The van der Waals surface area contributed by atoms with Crippen LogP contribution in [0.5, 0.6) is 0 Å². The fraction of sp³-hybridized carbons (Fsp3) is 0.706. The molecule has 0 aromatic heterocycles. The zero-order valence-corrected chi connectivity index (χ0v) is 12.5. The number of carbonyl (C=O) groups excluding carboxylic acids is 1. The zero-order chi connectivity index (χ0) is 14.2. The molecule has 21 heavy (non-hydrogen) atoms. The fourth-order valence-corrected chi connectivity index (χ4v) is 4.27. The van der Waals surface area contributed by atoms with Gasteiger partial charge in [-0.15, -0.1) is 0 Å². The van der Waals surface area contributed by atoms with E-state index in [4.69, 9.17) is 4.74 Å². The van der Waals surface area contributed by atoms with E-state index in [1.54, 1.807) is 0 Å². The Kier molecular flexibility index (Phi) is 3.49. The van der Waals surface area contributed by atoms with E-state index in [-0.39, 0.29) is 12.2 Å². The Hall–Kier alpha value is -1.29. The van der Waals surface area contributed by atoms with Crippen molar-refractivity contribution in [1.29, 1.82) is 0 Å². The van der Waals surface area contributed by atoms with E-state index >= 15 is 0 Å². The smallest absolute Gasteiger partial charge is 0.410 e. The zero-order valence-electron chi connectivity index (χ0n) is 12.5. The maximum Gasteiger partial charge on any atom is 0.410 e. The van der Waals surface area contributed by atoms with Crippen LogP contribution >= 0.6 is 0 Å². The summed E-state index contributed by atoms with van der Waals surface area (Å²) in [5, 5.41) is 0. The van der Waals surface area contributed by atoms with Crippen LogP contribution in [0.25, 0.3) is 0 Å². The number of nitrogens with zero attached hydrogens (tertiary/aromatic N) is 2. The average Bonchev–Trinajstić information content (AvgIpc) is 2.55. The Morgan fingerprint density at radius 1 is 0.952 bits per heavy atom. The molecule has 5 aliphatic rings. The topological polar surface area (TPSA) is 32.8 Å². The molecule has 4 aliphatic heterocycles. The number of rotatable bonds is 1. The predicted molar refractivity (Wildman–Crippen MR) is 80.9 cm³/mol. The van der Waals surface area contributed by atoms with Gasteiger partial charge in [0.25, 0.3) is 0 Å². The molecule has 4 nitrogen and oxygen atoms in total. The molecule has 0 aromatic carbocycles. The van der Waals surface area contributed by atoms with Gasteiger partial charge >= 0.3 is 6.09 Å². The number of carbonyl (C=O) groups is 1. The number of amides is 1. The van der Waals surface area contributed by atoms with Gasteiger partial charge in [0.05, 0.1) is 0 Å². The molecule has 4 fully saturated rings. The van der Waals surface area contributed by atoms with E-state index in [0.29, 0.717) is 17.8 Å². The molecule has 0 radical (unpaired) electrons. The Balaban J connectivity index is 1.35. The molecule has 3 atom stereocenters. The first-order valence-corrected chi connectivity index (χ1v) is 8.32. The summed E-state index contributed by atoms with van der Waals surface area (Å²) in [6, 6.07) is 0. The van der Waals surface area contributed by atoms with Crippen molar-refractivity contribution >= 4 is 6.09 Å². The van der Waals surface area contributed by atoms with Crippen LogP contribution in [0.1, 0.15) is 19.3 Å². The molecule has 0 aromatic rings. The summed E-state index contributed by atoms with van der Waals surface area (Å²) in [5.74, 6) is 1.67. The summed E-state index contributed by atoms with van der Waals surface area (Å²) in [7, 11) is 0. The largest absolute Gasteiger partial charge is 0.444 e. The maximum atomic E-state index is 12.5. The summed E-state index contributed by atoms with van der Waals surface area (Å²) in [5.41, 5.74) is 0. The molecular weight excluding hydrogens is 264 g/mol. The minimum atomic E-state index is -0.0878. The average molecular weight is 288 g/mol. The minimum Gasteiger partial charge on any atom is -0.444 e. The summed E-state index contributed by atoms with van der Waals surface area (Å²) >= 11 is 0. The monoisotopic (exact) mass is 288 g/mol. The quantitative estimate of drug-likeness (QED) is 0.742. The fourth-order valence-electron chi connectivity index (χ4n) is 4.27. The predicted octanol–water partition coefficient (Wildman–Crippen LogP) is 2.28. The van der Waals surface area contributed by atoms with E-state index in [0.717, 1.165) is 26.1 Å². The second kappa shape index (κ2) is 5.48. The second-order valence-corrected chi connectivity index (χ2v) is 6.89. The molecule has 1 aliphatic carbocycles. The Bertz CT molecular complexity index is 465. The first kappa shape index (κ1) is 13.4.